The lowest BCUT2D eigenvalue weighted by Crippen LogP contribution is -2.15. The Bertz CT molecular complexity index is 841. The van der Waals surface area contributed by atoms with Crippen molar-refractivity contribution in [1.29, 1.82) is 0 Å². The van der Waals surface area contributed by atoms with Crippen molar-refractivity contribution in [2.45, 2.75) is 6.92 Å². The number of halogens is 2. The van der Waals surface area contributed by atoms with Crippen molar-refractivity contribution in [3.8, 4) is 0 Å². The van der Waals surface area contributed by atoms with Gasteiger partial charge in [0.25, 0.3) is 11.6 Å². The standard InChI is InChI=1S/C15H11ClFN3O4/c1-8(21)18-9-3-5-13(17)11(6-9)15(22)19-10-2-4-12(16)14(7-10)20(23)24/h2-7H,1H3,(H,18,21)(H,19,22). The number of carbonyl (C=O) groups excluding carboxylic acids is 2. The topological polar surface area (TPSA) is 101 Å². The summed E-state index contributed by atoms with van der Waals surface area (Å²) in [6.07, 6.45) is 0. The normalized spacial score (nSPS) is 10.1. The lowest BCUT2D eigenvalue weighted by Gasteiger charge is -2.09. The maximum absolute atomic E-state index is 13.8. The van der Waals surface area contributed by atoms with Gasteiger partial charge in [-0.15, -0.1) is 0 Å². The van der Waals surface area contributed by atoms with Crippen LogP contribution >= 0.6 is 11.6 Å². The fraction of sp³-hybridized carbons (Fsp3) is 0.0667. The van der Waals surface area contributed by atoms with Gasteiger partial charge in [-0.1, -0.05) is 11.6 Å². The van der Waals surface area contributed by atoms with Crippen LogP contribution in [0.5, 0.6) is 0 Å². The van der Waals surface area contributed by atoms with Crippen molar-refractivity contribution in [2.75, 3.05) is 10.6 Å². The van der Waals surface area contributed by atoms with Crippen molar-refractivity contribution in [3.63, 3.8) is 0 Å². The van der Waals surface area contributed by atoms with Crippen molar-refractivity contribution < 1.29 is 18.9 Å². The van der Waals surface area contributed by atoms with Crippen LogP contribution < -0.4 is 10.6 Å². The van der Waals surface area contributed by atoms with Crippen LogP contribution in [0.25, 0.3) is 0 Å². The minimum Gasteiger partial charge on any atom is -0.326 e. The Morgan fingerprint density at radius 1 is 1.12 bits per heavy atom. The Kier molecular flexibility index (Phi) is 5.10. The Morgan fingerprint density at radius 2 is 1.75 bits per heavy atom. The lowest BCUT2D eigenvalue weighted by molar-refractivity contribution is -0.384. The molecule has 2 N–H and O–H groups in total. The van der Waals surface area contributed by atoms with Crippen molar-refractivity contribution >= 4 is 40.5 Å². The van der Waals surface area contributed by atoms with Gasteiger partial charge in [-0.05, 0) is 30.3 Å². The zero-order chi connectivity index (χ0) is 17.9. The van der Waals surface area contributed by atoms with E-state index in [-0.39, 0.29) is 33.6 Å². The average Bonchev–Trinajstić information content (AvgIpc) is 2.50. The summed E-state index contributed by atoms with van der Waals surface area (Å²) in [5, 5.41) is 15.5. The predicted octanol–water partition coefficient (Wildman–Crippen LogP) is 3.60. The minimum absolute atomic E-state index is 0.0837. The van der Waals surface area contributed by atoms with Gasteiger partial charge in [0.05, 0.1) is 10.5 Å². The summed E-state index contributed by atoms with van der Waals surface area (Å²) in [4.78, 5) is 33.3. The van der Waals surface area contributed by atoms with Crippen LogP contribution in [0.2, 0.25) is 5.02 Å². The molecule has 0 atom stereocenters. The van der Waals surface area contributed by atoms with Crippen LogP contribution in [-0.2, 0) is 4.79 Å². The van der Waals surface area contributed by atoms with E-state index in [0.29, 0.717) is 0 Å². The summed E-state index contributed by atoms with van der Waals surface area (Å²) < 4.78 is 13.8. The second kappa shape index (κ2) is 7.05. The van der Waals surface area contributed by atoms with Crippen LogP contribution in [0, 0.1) is 15.9 Å². The molecule has 124 valence electrons. The number of amides is 2. The third kappa shape index (κ3) is 4.05. The number of nitrogens with zero attached hydrogens (tertiary/aromatic N) is 1. The van der Waals surface area contributed by atoms with Crippen LogP contribution in [0.3, 0.4) is 0 Å². The van der Waals surface area contributed by atoms with Crippen LogP contribution in [-0.4, -0.2) is 16.7 Å². The third-order valence-corrected chi connectivity index (χ3v) is 3.25. The number of nitro benzene ring substituents is 1. The van der Waals surface area contributed by atoms with E-state index in [1.165, 1.54) is 25.1 Å². The Balaban J connectivity index is 2.28. The van der Waals surface area contributed by atoms with E-state index in [1.807, 2.05) is 0 Å². The molecule has 2 aromatic rings. The van der Waals surface area contributed by atoms with Gasteiger partial charge in [0, 0.05) is 24.4 Å². The third-order valence-electron chi connectivity index (χ3n) is 2.93. The highest BCUT2D eigenvalue weighted by Crippen LogP contribution is 2.27. The highest BCUT2D eigenvalue weighted by Gasteiger charge is 2.17. The largest absolute Gasteiger partial charge is 0.326 e. The zero-order valence-corrected chi connectivity index (χ0v) is 13.1. The first-order chi connectivity index (χ1) is 11.3. The molecule has 0 aromatic heterocycles. The molecule has 0 heterocycles. The van der Waals surface area contributed by atoms with Gasteiger partial charge in [-0.3, -0.25) is 19.7 Å². The van der Waals surface area contributed by atoms with Crippen LogP contribution in [0.1, 0.15) is 17.3 Å². The number of rotatable bonds is 4. The van der Waals surface area contributed by atoms with Gasteiger partial charge >= 0.3 is 0 Å². The zero-order valence-electron chi connectivity index (χ0n) is 12.3. The number of hydrogen-bond donors (Lipinski definition) is 2. The summed E-state index contributed by atoms with van der Waals surface area (Å²) >= 11 is 5.68. The Hall–Kier alpha value is -3.00. The van der Waals surface area contributed by atoms with Crippen LogP contribution in [0.15, 0.2) is 36.4 Å². The van der Waals surface area contributed by atoms with E-state index in [1.54, 1.807) is 0 Å². The van der Waals surface area contributed by atoms with E-state index in [4.69, 9.17) is 11.6 Å². The molecule has 0 spiro atoms. The second-order valence-corrected chi connectivity index (χ2v) is 5.16. The van der Waals surface area contributed by atoms with Crippen LogP contribution in [0.4, 0.5) is 21.5 Å². The molecule has 2 amide bonds. The molecule has 0 unspecified atom stereocenters. The number of nitrogens with one attached hydrogen (secondary N) is 2. The highest BCUT2D eigenvalue weighted by atomic mass is 35.5. The van der Waals surface area contributed by atoms with E-state index in [0.717, 1.165) is 18.2 Å². The molecular formula is C15H11ClFN3O4. The molecule has 0 saturated carbocycles. The molecular weight excluding hydrogens is 341 g/mol. The van der Waals surface area contributed by atoms with E-state index in [9.17, 15) is 24.1 Å². The molecule has 0 bridgehead atoms. The lowest BCUT2D eigenvalue weighted by atomic mass is 10.1. The summed E-state index contributed by atoms with van der Waals surface area (Å²) in [5.74, 6) is -2.00. The fourth-order valence-corrected chi connectivity index (χ4v) is 2.10. The molecule has 0 saturated heterocycles. The molecule has 2 rings (SSSR count). The SMILES string of the molecule is CC(=O)Nc1ccc(F)c(C(=O)Nc2ccc(Cl)c([N+](=O)[O-])c2)c1. The van der Waals surface area contributed by atoms with Gasteiger partial charge in [0.2, 0.25) is 5.91 Å². The van der Waals surface area contributed by atoms with E-state index >= 15 is 0 Å². The summed E-state index contributed by atoms with van der Waals surface area (Å²) in [7, 11) is 0. The van der Waals surface area contributed by atoms with E-state index in [2.05, 4.69) is 10.6 Å². The molecule has 0 radical (unpaired) electrons. The molecule has 0 aliphatic heterocycles. The molecule has 0 fully saturated rings. The first kappa shape index (κ1) is 17.4. The quantitative estimate of drug-likeness (QED) is 0.649. The summed E-state index contributed by atoms with van der Waals surface area (Å²) in [5.41, 5.74) is -0.377. The Morgan fingerprint density at radius 3 is 2.38 bits per heavy atom. The average molecular weight is 352 g/mol. The van der Waals surface area contributed by atoms with Crippen molar-refractivity contribution in [2.24, 2.45) is 0 Å². The summed E-state index contributed by atoms with van der Waals surface area (Å²) in [6, 6.07) is 7.17. The van der Waals surface area contributed by atoms with Gasteiger partial charge in [0.1, 0.15) is 10.8 Å². The first-order valence-corrected chi connectivity index (χ1v) is 6.98. The van der Waals surface area contributed by atoms with Crippen molar-refractivity contribution in [3.05, 3.63) is 62.9 Å². The molecule has 0 aliphatic rings. The molecule has 24 heavy (non-hydrogen) atoms. The van der Waals surface area contributed by atoms with Crippen molar-refractivity contribution in [1.82, 2.24) is 0 Å². The van der Waals surface area contributed by atoms with Gasteiger partial charge < -0.3 is 10.6 Å². The smallest absolute Gasteiger partial charge is 0.289 e. The van der Waals surface area contributed by atoms with Gasteiger partial charge in [0.15, 0.2) is 0 Å². The number of hydrogen-bond acceptors (Lipinski definition) is 4. The highest BCUT2D eigenvalue weighted by molar-refractivity contribution is 6.32. The maximum atomic E-state index is 13.8. The monoisotopic (exact) mass is 351 g/mol. The number of anilines is 2. The second-order valence-electron chi connectivity index (χ2n) is 4.75. The number of benzene rings is 2. The predicted molar refractivity (Wildman–Crippen MR) is 86.8 cm³/mol. The van der Waals surface area contributed by atoms with E-state index < -0.39 is 16.6 Å². The molecule has 2 aromatic carbocycles. The fourth-order valence-electron chi connectivity index (χ4n) is 1.91. The first-order valence-electron chi connectivity index (χ1n) is 6.60. The van der Waals surface area contributed by atoms with Gasteiger partial charge in [-0.25, -0.2) is 4.39 Å². The number of carbonyl (C=O) groups is 2. The molecule has 7 nitrogen and oxygen atoms in total. The Labute approximate surface area is 140 Å². The number of nitro groups is 1. The molecule has 0 aliphatic carbocycles. The summed E-state index contributed by atoms with van der Waals surface area (Å²) in [6.45, 7) is 1.27. The minimum atomic E-state index is -0.823. The van der Waals surface area contributed by atoms with Gasteiger partial charge in [-0.2, -0.15) is 0 Å². The maximum Gasteiger partial charge on any atom is 0.289 e. The molecule has 9 heteroatoms.